The summed E-state index contributed by atoms with van der Waals surface area (Å²) < 4.78 is 28.3. The highest BCUT2D eigenvalue weighted by molar-refractivity contribution is 7.89. The van der Waals surface area contributed by atoms with Crippen LogP contribution in [-0.4, -0.2) is 37.4 Å². The first-order valence-corrected chi connectivity index (χ1v) is 11.6. The predicted octanol–water partition coefficient (Wildman–Crippen LogP) is 3.83. The number of sulfonamides is 1. The molecule has 0 bridgehead atoms. The molecular weight excluding hydrogens is 422 g/mol. The predicted molar refractivity (Wildman–Crippen MR) is 117 cm³/mol. The van der Waals surface area contributed by atoms with Gasteiger partial charge in [0, 0.05) is 36.3 Å². The van der Waals surface area contributed by atoms with E-state index in [4.69, 9.17) is 11.6 Å². The number of carbonyl (C=O) groups is 1. The topological polar surface area (TPSA) is 78.5 Å². The number of hydrogen-bond acceptors (Lipinski definition) is 4. The van der Waals surface area contributed by atoms with Gasteiger partial charge in [0.25, 0.3) is 5.91 Å². The third-order valence-corrected chi connectivity index (χ3v) is 8.09. The molecule has 0 radical (unpaired) electrons. The number of nitrogens with zero attached hydrogens (tertiary/aromatic N) is 1. The van der Waals surface area contributed by atoms with Crippen molar-refractivity contribution in [1.29, 1.82) is 0 Å². The van der Waals surface area contributed by atoms with E-state index in [9.17, 15) is 13.2 Å². The highest BCUT2D eigenvalue weighted by atomic mass is 35.5. The summed E-state index contributed by atoms with van der Waals surface area (Å²) >= 11 is 6.09. The fourth-order valence-corrected chi connectivity index (χ4v) is 6.14. The van der Waals surface area contributed by atoms with Crippen molar-refractivity contribution in [1.82, 2.24) is 9.62 Å². The lowest BCUT2D eigenvalue weighted by Gasteiger charge is -2.45. The van der Waals surface area contributed by atoms with Crippen molar-refractivity contribution >= 4 is 44.0 Å². The summed E-state index contributed by atoms with van der Waals surface area (Å²) in [6.45, 7) is 0.601. The maximum absolute atomic E-state index is 13.4. The van der Waals surface area contributed by atoms with E-state index in [2.05, 4.69) is 10.6 Å². The SMILES string of the molecule is O=C1NC2(CCN(S(=O)(=O)c3cccc4ccccc34)CC2)Nc2cc(Cl)ccc21. The summed E-state index contributed by atoms with van der Waals surface area (Å²) in [5.74, 6) is -0.175. The van der Waals surface area contributed by atoms with Crippen LogP contribution < -0.4 is 10.6 Å². The zero-order valence-electron chi connectivity index (χ0n) is 16.1. The van der Waals surface area contributed by atoms with Gasteiger partial charge in [-0.15, -0.1) is 0 Å². The van der Waals surface area contributed by atoms with E-state index in [0.717, 1.165) is 5.39 Å². The molecule has 2 aliphatic heterocycles. The summed E-state index contributed by atoms with van der Waals surface area (Å²) in [5.41, 5.74) is 0.534. The molecule has 0 aliphatic carbocycles. The Bertz CT molecular complexity index is 1260. The van der Waals surface area contributed by atoms with Crippen molar-refractivity contribution in [3.63, 3.8) is 0 Å². The van der Waals surface area contributed by atoms with Crippen molar-refractivity contribution in [2.24, 2.45) is 0 Å². The number of amides is 1. The number of halogens is 1. The van der Waals surface area contributed by atoms with Crippen LogP contribution in [0.5, 0.6) is 0 Å². The molecule has 3 aromatic rings. The van der Waals surface area contributed by atoms with E-state index in [1.807, 2.05) is 30.3 Å². The lowest BCUT2D eigenvalue weighted by atomic mass is 9.93. The third kappa shape index (κ3) is 3.14. The van der Waals surface area contributed by atoms with E-state index >= 15 is 0 Å². The molecule has 0 atom stereocenters. The molecule has 1 spiro atoms. The molecule has 3 aromatic carbocycles. The molecule has 0 aromatic heterocycles. The average molecular weight is 442 g/mol. The summed E-state index contributed by atoms with van der Waals surface area (Å²) in [6, 6.07) is 17.9. The number of nitrogens with one attached hydrogen (secondary N) is 2. The fourth-order valence-electron chi connectivity index (χ4n) is 4.31. The Hall–Kier alpha value is -2.61. The van der Waals surface area contributed by atoms with Gasteiger partial charge in [0.1, 0.15) is 5.66 Å². The first kappa shape index (κ1) is 19.4. The van der Waals surface area contributed by atoms with Gasteiger partial charge < -0.3 is 10.6 Å². The molecular formula is C22H20ClN3O3S. The van der Waals surface area contributed by atoms with Crippen molar-refractivity contribution in [3.8, 4) is 0 Å². The van der Waals surface area contributed by atoms with Gasteiger partial charge in [0.2, 0.25) is 10.0 Å². The van der Waals surface area contributed by atoms with Gasteiger partial charge in [0.05, 0.1) is 16.1 Å². The van der Waals surface area contributed by atoms with Crippen LogP contribution >= 0.6 is 11.6 Å². The number of carbonyl (C=O) groups excluding carboxylic acids is 1. The van der Waals surface area contributed by atoms with E-state index in [-0.39, 0.29) is 5.91 Å². The Morgan fingerprint density at radius 1 is 0.933 bits per heavy atom. The minimum atomic E-state index is -3.65. The Kier molecular flexibility index (Phi) is 4.50. The number of anilines is 1. The smallest absolute Gasteiger partial charge is 0.255 e. The average Bonchev–Trinajstić information content (AvgIpc) is 2.73. The molecule has 154 valence electrons. The van der Waals surface area contributed by atoms with E-state index in [0.29, 0.717) is 52.5 Å². The summed E-state index contributed by atoms with van der Waals surface area (Å²) in [5, 5.41) is 8.57. The zero-order chi connectivity index (χ0) is 20.9. The van der Waals surface area contributed by atoms with Crippen LogP contribution in [-0.2, 0) is 10.0 Å². The van der Waals surface area contributed by atoms with Gasteiger partial charge in [-0.25, -0.2) is 8.42 Å². The standard InChI is InChI=1S/C22H20ClN3O3S/c23-16-8-9-18-19(14-16)24-22(25-21(18)27)10-12-26(13-11-22)30(28,29)20-7-3-5-15-4-1-2-6-17(15)20/h1-9,14,24H,10-13H2,(H,25,27). The highest BCUT2D eigenvalue weighted by Gasteiger charge is 2.42. The van der Waals surface area contributed by atoms with Crippen molar-refractivity contribution in [2.45, 2.75) is 23.4 Å². The number of fused-ring (bicyclic) bond motifs is 2. The van der Waals surface area contributed by atoms with Crippen molar-refractivity contribution < 1.29 is 13.2 Å². The molecule has 0 unspecified atom stereocenters. The van der Waals surface area contributed by atoms with Crippen LogP contribution in [0.4, 0.5) is 5.69 Å². The molecule has 5 rings (SSSR count). The largest absolute Gasteiger partial charge is 0.362 e. The quantitative estimate of drug-likeness (QED) is 0.633. The minimum Gasteiger partial charge on any atom is -0.362 e. The molecule has 2 N–H and O–H groups in total. The highest BCUT2D eigenvalue weighted by Crippen LogP contribution is 2.35. The first-order chi connectivity index (χ1) is 14.4. The second-order valence-corrected chi connectivity index (χ2v) is 10.1. The van der Waals surface area contributed by atoms with E-state index in [1.54, 1.807) is 30.3 Å². The second-order valence-electron chi connectivity index (χ2n) is 7.73. The minimum absolute atomic E-state index is 0.175. The van der Waals surface area contributed by atoms with Crippen molar-refractivity contribution in [2.75, 3.05) is 18.4 Å². The van der Waals surface area contributed by atoms with Crippen LogP contribution in [0.2, 0.25) is 5.02 Å². The van der Waals surface area contributed by atoms with E-state index in [1.165, 1.54) is 4.31 Å². The van der Waals surface area contributed by atoms with Gasteiger partial charge in [0.15, 0.2) is 0 Å². The monoisotopic (exact) mass is 441 g/mol. The van der Waals surface area contributed by atoms with Gasteiger partial charge >= 0.3 is 0 Å². The lowest BCUT2D eigenvalue weighted by molar-refractivity contribution is 0.0865. The maximum atomic E-state index is 13.4. The molecule has 2 aliphatic rings. The molecule has 1 fully saturated rings. The number of benzene rings is 3. The molecule has 30 heavy (non-hydrogen) atoms. The summed E-state index contributed by atoms with van der Waals surface area (Å²) in [7, 11) is -3.65. The Labute approximate surface area is 179 Å². The van der Waals surface area contributed by atoms with Crippen LogP contribution in [0.3, 0.4) is 0 Å². The molecule has 2 heterocycles. The molecule has 8 heteroatoms. The number of rotatable bonds is 2. The first-order valence-electron chi connectivity index (χ1n) is 9.76. The second kappa shape index (κ2) is 6.97. The van der Waals surface area contributed by atoms with E-state index < -0.39 is 15.7 Å². The molecule has 6 nitrogen and oxygen atoms in total. The van der Waals surface area contributed by atoms with Crippen LogP contribution in [0, 0.1) is 0 Å². The number of hydrogen-bond donors (Lipinski definition) is 2. The Balaban J connectivity index is 1.41. The molecule has 1 amide bonds. The van der Waals surface area contributed by atoms with Gasteiger partial charge in [-0.1, -0.05) is 48.0 Å². The van der Waals surface area contributed by atoms with Crippen LogP contribution in [0.15, 0.2) is 65.6 Å². The van der Waals surface area contributed by atoms with Crippen molar-refractivity contribution in [3.05, 3.63) is 71.2 Å². The molecule has 0 saturated carbocycles. The summed E-state index contributed by atoms with van der Waals surface area (Å²) in [6.07, 6.45) is 0.906. The third-order valence-electron chi connectivity index (χ3n) is 5.90. The van der Waals surface area contributed by atoms with Gasteiger partial charge in [-0.2, -0.15) is 4.31 Å². The van der Waals surface area contributed by atoms with Gasteiger partial charge in [-0.05, 0) is 29.7 Å². The van der Waals surface area contributed by atoms with Gasteiger partial charge in [-0.3, -0.25) is 4.79 Å². The van der Waals surface area contributed by atoms with Crippen LogP contribution in [0.1, 0.15) is 23.2 Å². The maximum Gasteiger partial charge on any atom is 0.255 e. The Morgan fingerprint density at radius 2 is 1.67 bits per heavy atom. The van der Waals surface area contributed by atoms with Crippen LogP contribution in [0.25, 0.3) is 10.8 Å². The summed E-state index contributed by atoms with van der Waals surface area (Å²) in [4.78, 5) is 12.9. The number of piperidine rings is 1. The fraction of sp³-hybridized carbons (Fsp3) is 0.227. The zero-order valence-corrected chi connectivity index (χ0v) is 17.6. The lowest BCUT2D eigenvalue weighted by Crippen LogP contribution is -2.62. The molecule has 1 saturated heterocycles. The normalized spacial score (nSPS) is 18.6. The Morgan fingerprint density at radius 3 is 2.47 bits per heavy atom.